The molecule has 0 aliphatic carbocycles. The van der Waals surface area contributed by atoms with Crippen LogP contribution in [0, 0.1) is 5.92 Å². The van der Waals surface area contributed by atoms with Crippen molar-refractivity contribution in [3.63, 3.8) is 0 Å². The average molecular weight is 172 g/mol. The lowest BCUT2D eigenvalue weighted by molar-refractivity contribution is -0.111. The van der Waals surface area contributed by atoms with Crippen molar-refractivity contribution in [2.75, 3.05) is 6.54 Å². The minimum Gasteiger partial charge on any atom is -0.344 e. The molecule has 1 aliphatic heterocycles. The van der Waals surface area contributed by atoms with E-state index in [1.54, 1.807) is 0 Å². The third kappa shape index (κ3) is 2.91. The minimum absolute atomic E-state index is 0. The van der Waals surface area contributed by atoms with E-state index in [1.807, 2.05) is 0 Å². The predicted molar refractivity (Wildman–Crippen MR) is 50.5 cm³/mol. The SMILES string of the molecule is CCCC1CCCNC1C=O.N. The van der Waals surface area contributed by atoms with Gasteiger partial charge in [-0.1, -0.05) is 13.3 Å². The van der Waals surface area contributed by atoms with Crippen molar-refractivity contribution in [2.24, 2.45) is 5.92 Å². The predicted octanol–water partition coefficient (Wildman–Crippen LogP) is 1.52. The molecule has 0 bridgehead atoms. The second kappa shape index (κ2) is 6.14. The van der Waals surface area contributed by atoms with Crippen LogP contribution in [-0.4, -0.2) is 18.9 Å². The zero-order valence-corrected chi connectivity index (χ0v) is 7.88. The molecule has 3 nitrogen and oxygen atoms in total. The molecule has 72 valence electrons. The minimum atomic E-state index is 0. The fourth-order valence-corrected chi connectivity index (χ4v) is 1.83. The van der Waals surface area contributed by atoms with Crippen molar-refractivity contribution in [1.29, 1.82) is 0 Å². The Morgan fingerprint density at radius 2 is 2.33 bits per heavy atom. The molecule has 4 N–H and O–H groups in total. The van der Waals surface area contributed by atoms with E-state index in [-0.39, 0.29) is 12.2 Å². The third-order valence-corrected chi connectivity index (χ3v) is 2.45. The van der Waals surface area contributed by atoms with E-state index in [0.717, 1.165) is 12.8 Å². The first-order valence-electron chi connectivity index (χ1n) is 4.57. The first-order chi connectivity index (χ1) is 5.38. The number of carbonyl (C=O) groups excluding carboxylic acids is 1. The molecule has 0 aromatic rings. The highest BCUT2D eigenvalue weighted by Crippen LogP contribution is 2.19. The largest absolute Gasteiger partial charge is 0.344 e. The lowest BCUT2D eigenvalue weighted by Crippen LogP contribution is -2.42. The Labute approximate surface area is 74.5 Å². The third-order valence-electron chi connectivity index (χ3n) is 2.45. The van der Waals surface area contributed by atoms with Crippen LogP contribution in [0.2, 0.25) is 0 Å². The molecule has 0 radical (unpaired) electrons. The number of nitrogens with one attached hydrogen (secondary N) is 1. The summed E-state index contributed by atoms with van der Waals surface area (Å²) in [7, 11) is 0. The summed E-state index contributed by atoms with van der Waals surface area (Å²) >= 11 is 0. The van der Waals surface area contributed by atoms with Gasteiger partial charge in [-0.3, -0.25) is 0 Å². The molecular weight excluding hydrogens is 152 g/mol. The van der Waals surface area contributed by atoms with E-state index in [1.165, 1.54) is 25.7 Å². The molecule has 2 atom stereocenters. The molecule has 12 heavy (non-hydrogen) atoms. The van der Waals surface area contributed by atoms with Gasteiger partial charge >= 0.3 is 0 Å². The maximum Gasteiger partial charge on any atom is 0.137 e. The summed E-state index contributed by atoms with van der Waals surface area (Å²) in [5.74, 6) is 0.603. The molecule has 0 aromatic carbocycles. The number of hydrogen-bond donors (Lipinski definition) is 2. The number of piperidine rings is 1. The summed E-state index contributed by atoms with van der Waals surface area (Å²) in [6, 6.07) is 0.142. The molecule has 1 aliphatic rings. The Hall–Kier alpha value is -0.410. The van der Waals surface area contributed by atoms with Crippen LogP contribution < -0.4 is 11.5 Å². The van der Waals surface area contributed by atoms with Gasteiger partial charge in [-0.05, 0) is 31.7 Å². The number of aldehydes is 1. The van der Waals surface area contributed by atoms with Gasteiger partial charge in [0.25, 0.3) is 0 Å². The monoisotopic (exact) mass is 172 g/mol. The van der Waals surface area contributed by atoms with Crippen LogP contribution >= 0.6 is 0 Å². The van der Waals surface area contributed by atoms with Crippen molar-refractivity contribution in [3.05, 3.63) is 0 Å². The highest BCUT2D eigenvalue weighted by molar-refractivity contribution is 5.58. The van der Waals surface area contributed by atoms with E-state index in [0.29, 0.717) is 5.92 Å². The summed E-state index contributed by atoms with van der Waals surface area (Å²) in [4.78, 5) is 10.6. The Morgan fingerprint density at radius 3 is 2.92 bits per heavy atom. The van der Waals surface area contributed by atoms with Crippen LogP contribution in [0.5, 0.6) is 0 Å². The van der Waals surface area contributed by atoms with Crippen LogP contribution in [0.4, 0.5) is 0 Å². The number of rotatable bonds is 3. The molecule has 0 amide bonds. The topological polar surface area (TPSA) is 64.1 Å². The van der Waals surface area contributed by atoms with E-state index < -0.39 is 0 Å². The fraction of sp³-hybridized carbons (Fsp3) is 0.889. The summed E-state index contributed by atoms with van der Waals surface area (Å²) in [6.07, 6.45) is 5.91. The Kier molecular flexibility index (Phi) is 5.93. The molecule has 1 fully saturated rings. The number of carbonyl (C=O) groups is 1. The second-order valence-electron chi connectivity index (χ2n) is 3.31. The lowest BCUT2D eigenvalue weighted by atomic mass is 9.88. The molecule has 1 heterocycles. The standard InChI is InChI=1S/C9H17NO.H3N/c1-2-4-8-5-3-6-10-9(8)7-11;/h7-10H,2-6H2,1H3;1H3. The number of hydrogen-bond acceptors (Lipinski definition) is 3. The van der Waals surface area contributed by atoms with Crippen LogP contribution in [0.1, 0.15) is 32.6 Å². The molecule has 0 aromatic heterocycles. The molecular formula is C9H20N2O. The first-order valence-corrected chi connectivity index (χ1v) is 4.57. The molecule has 1 saturated heterocycles. The molecule has 0 spiro atoms. The fourth-order valence-electron chi connectivity index (χ4n) is 1.83. The summed E-state index contributed by atoms with van der Waals surface area (Å²) in [5, 5.41) is 3.24. The van der Waals surface area contributed by atoms with E-state index in [9.17, 15) is 4.79 Å². The lowest BCUT2D eigenvalue weighted by Gasteiger charge is -2.28. The van der Waals surface area contributed by atoms with Gasteiger partial charge in [-0.2, -0.15) is 0 Å². The van der Waals surface area contributed by atoms with Crippen molar-refractivity contribution >= 4 is 6.29 Å². The van der Waals surface area contributed by atoms with Gasteiger partial charge in [-0.15, -0.1) is 0 Å². The van der Waals surface area contributed by atoms with Crippen molar-refractivity contribution in [2.45, 2.75) is 38.6 Å². The maximum atomic E-state index is 10.6. The second-order valence-corrected chi connectivity index (χ2v) is 3.31. The van der Waals surface area contributed by atoms with Crippen LogP contribution in [0.3, 0.4) is 0 Å². The maximum absolute atomic E-state index is 10.6. The molecule has 1 rings (SSSR count). The average Bonchev–Trinajstić information content (AvgIpc) is 2.06. The molecule has 2 unspecified atom stereocenters. The first kappa shape index (κ1) is 11.6. The summed E-state index contributed by atoms with van der Waals surface area (Å²) in [6.45, 7) is 3.19. The van der Waals surface area contributed by atoms with Crippen LogP contribution in [0.25, 0.3) is 0 Å². The normalized spacial score (nSPS) is 29.1. The van der Waals surface area contributed by atoms with Crippen molar-refractivity contribution in [3.8, 4) is 0 Å². The van der Waals surface area contributed by atoms with Gasteiger partial charge in [0.2, 0.25) is 0 Å². The van der Waals surface area contributed by atoms with Crippen molar-refractivity contribution < 1.29 is 4.79 Å². The van der Waals surface area contributed by atoms with Crippen LogP contribution in [-0.2, 0) is 4.79 Å². The summed E-state index contributed by atoms with van der Waals surface area (Å²) < 4.78 is 0. The molecule has 0 saturated carbocycles. The highest BCUT2D eigenvalue weighted by Gasteiger charge is 2.22. The van der Waals surface area contributed by atoms with Gasteiger partial charge in [0, 0.05) is 0 Å². The van der Waals surface area contributed by atoms with Gasteiger partial charge in [0.05, 0.1) is 6.04 Å². The molecule has 3 heteroatoms. The quantitative estimate of drug-likeness (QED) is 0.634. The smallest absolute Gasteiger partial charge is 0.137 e. The zero-order valence-electron chi connectivity index (χ0n) is 7.88. The Morgan fingerprint density at radius 1 is 1.58 bits per heavy atom. The van der Waals surface area contributed by atoms with E-state index in [4.69, 9.17) is 0 Å². The summed E-state index contributed by atoms with van der Waals surface area (Å²) in [5.41, 5.74) is 0. The van der Waals surface area contributed by atoms with Gasteiger partial charge in [0.1, 0.15) is 6.29 Å². The van der Waals surface area contributed by atoms with Gasteiger partial charge in [0.15, 0.2) is 0 Å². The van der Waals surface area contributed by atoms with E-state index in [2.05, 4.69) is 12.2 Å². The van der Waals surface area contributed by atoms with E-state index >= 15 is 0 Å². The Balaban J connectivity index is 0.00000121. The van der Waals surface area contributed by atoms with Gasteiger partial charge < -0.3 is 16.3 Å². The zero-order chi connectivity index (χ0) is 8.10. The van der Waals surface area contributed by atoms with Gasteiger partial charge in [-0.25, -0.2) is 0 Å². The highest BCUT2D eigenvalue weighted by atomic mass is 16.1. The van der Waals surface area contributed by atoms with Crippen molar-refractivity contribution in [1.82, 2.24) is 11.5 Å². The Bertz CT molecular complexity index is 126. The van der Waals surface area contributed by atoms with Crippen LogP contribution in [0.15, 0.2) is 0 Å².